The van der Waals surface area contributed by atoms with E-state index in [1.54, 1.807) is 0 Å². The maximum absolute atomic E-state index is 11.4. The van der Waals surface area contributed by atoms with E-state index < -0.39 is 26.3 Å². The average molecular weight is 334 g/mol. The summed E-state index contributed by atoms with van der Waals surface area (Å²) in [6.45, 7) is 6.14. The Morgan fingerprint density at radius 3 is 2.30 bits per heavy atom. The Kier molecular flexibility index (Phi) is 6.66. The summed E-state index contributed by atoms with van der Waals surface area (Å²) in [5.41, 5.74) is 6.08. The number of amides is 2. The van der Waals surface area contributed by atoms with Gasteiger partial charge in [-0.3, -0.25) is 0 Å². The van der Waals surface area contributed by atoms with E-state index in [-0.39, 0.29) is 0 Å². The van der Waals surface area contributed by atoms with Gasteiger partial charge in [-0.05, 0) is 18.4 Å². The Bertz CT molecular complexity index is 602. The number of benzene rings is 1. The van der Waals surface area contributed by atoms with E-state index in [1.807, 2.05) is 55.4 Å². The van der Waals surface area contributed by atoms with Crippen LogP contribution in [0.4, 0.5) is 9.59 Å². The number of hydrazine groups is 1. The van der Waals surface area contributed by atoms with E-state index >= 15 is 0 Å². The van der Waals surface area contributed by atoms with Crippen molar-refractivity contribution in [2.24, 2.45) is 0 Å². The molecule has 0 aliphatic rings. The van der Waals surface area contributed by atoms with E-state index in [2.05, 4.69) is 11.5 Å². The lowest BCUT2D eigenvalue weighted by Crippen LogP contribution is -2.50. The van der Waals surface area contributed by atoms with Crippen LogP contribution >= 0.6 is 0 Å². The number of nitrogens with zero attached hydrogens (tertiary/aromatic N) is 1. The molecule has 6 nitrogen and oxygen atoms in total. The monoisotopic (exact) mass is 334 g/mol. The van der Waals surface area contributed by atoms with E-state index in [0.29, 0.717) is 17.9 Å². The number of hydrogen-bond acceptors (Lipinski definition) is 2. The minimum atomic E-state index is -1.70. The molecule has 1 atom stereocenters. The third-order valence-corrected chi connectivity index (χ3v) is 3.79. The van der Waals surface area contributed by atoms with Crippen molar-refractivity contribution >= 4 is 20.3 Å². The van der Waals surface area contributed by atoms with Crippen molar-refractivity contribution in [1.29, 1.82) is 0 Å². The molecule has 1 aromatic carbocycles. The second-order valence-corrected chi connectivity index (χ2v) is 10.9. The van der Waals surface area contributed by atoms with Gasteiger partial charge in [0.2, 0.25) is 0 Å². The van der Waals surface area contributed by atoms with E-state index in [9.17, 15) is 14.7 Å². The molecule has 0 bridgehead atoms. The summed E-state index contributed by atoms with van der Waals surface area (Å²) >= 11 is 0. The Morgan fingerprint density at radius 1 is 1.22 bits per heavy atom. The molecule has 2 amide bonds. The molecule has 0 radical (unpaired) electrons. The van der Waals surface area contributed by atoms with Gasteiger partial charge in [-0.15, -0.1) is 5.54 Å². The highest BCUT2D eigenvalue weighted by atomic mass is 28.3. The summed E-state index contributed by atoms with van der Waals surface area (Å²) in [5.74, 6) is 2.95. The van der Waals surface area contributed by atoms with Gasteiger partial charge in [-0.25, -0.2) is 20.0 Å². The smallest absolute Gasteiger partial charge is 0.427 e. The lowest BCUT2D eigenvalue weighted by molar-refractivity contribution is 0.0967. The molecule has 7 heteroatoms. The van der Waals surface area contributed by atoms with Crippen LogP contribution in [0.2, 0.25) is 19.6 Å². The molecule has 1 aromatic rings. The SMILES string of the molecule is C[Si](C)(C)C#CC(CCc1ccccc1)N(NC(=O)O)C(=O)O. The molecule has 1 rings (SSSR count). The van der Waals surface area contributed by atoms with Crippen LogP contribution in [0.1, 0.15) is 12.0 Å². The molecule has 0 aliphatic heterocycles. The van der Waals surface area contributed by atoms with Crippen molar-refractivity contribution < 1.29 is 19.8 Å². The van der Waals surface area contributed by atoms with E-state index in [1.165, 1.54) is 0 Å². The highest BCUT2D eigenvalue weighted by Gasteiger charge is 2.24. The van der Waals surface area contributed by atoms with Crippen molar-refractivity contribution in [3.05, 3.63) is 35.9 Å². The quantitative estimate of drug-likeness (QED) is 0.448. The first-order valence-electron chi connectivity index (χ1n) is 7.27. The van der Waals surface area contributed by atoms with Crippen LogP contribution in [-0.2, 0) is 6.42 Å². The van der Waals surface area contributed by atoms with Crippen molar-refractivity contribution in [3.8, 4) is 11.5 Å². The Labute approximate surface area is 137 Å². The summed E-state index contributed by atoms with van der Waals surface area (Å²) in [6.07, 6.45) is -1.77. The fourth-order valence-electron chi connectivity index (χ4n) is 1.88. The van der Waals surface area contributed by atoms with Crippen LogP contribution in [0.3, 0.4) is 0 Å². The Balaban J connectivity index is 2.96. The Morgan fingerprint density at radius 2 is 1.83 bits per heavy atom. The first-order valence-corrected chi connectivity index (χ1v) is 10.8. The molecule has 0 aliphatic carbocycles. The molecule has 0 saturated heterocycles. The fourth-order valence-corrected chi connectivity index (χ4v) is 2.48. The third kappa shape index (κ3) is 7.38. The maximum Gasteiger partial charge on any atom is 0.427 e. The highest BCUT2D eigenvalue weighted by molar-refractivity contribution is 6.83. The number of hydrogen-bond donors (Lipinski definition) is 3. The largest absolute Gasteiger partial charge is 0.464 e. The zero-order valence-electron chi connectivity index (χ0n) is 13.5. The number of nitrogens with one attached hydrogen (secondary N) is 1. The topological polar surface area (TPSA) is 89.9 Å². The molecule has 0 fully saturated rings. The van der Waals surface area contributed by atoms with Crippen molar-refractivity contribution in [2.45, 2.75) is 38.5 Å². The molecular weight excluding hydrogens is 312 g/mol. The molecule has 3 N–H and O–H groups in total. The zero-order valence-corrected chi connectivity index (χ0v) is 14.5. The van der Waals surface area contributed by atoms with Crippen molar-refractivity contribution in [1.82, 2.24) is 10.4 Å². The van der Waals surface area contributed by atoms with E-state index in [0.717, 1.165) is 5.56 Å². The van der Waals surface area contributed by atoms with Crippen LogP contribution in [0.25, 0.3) is 0 Å². The maximum atomic E-state index is 11.4. The second kappa shape index (κ2) is 8.24. The van der Waals surface area contributed by atoms with Gasteiger partial charge >= 0.3 is 12.2 Å². The normalized spacial score (nSPS) is 11.8. The third-order valence-electron chi connectivity index (χ3n) is 2.90. The summed E-state index contributed by atoms with van der Waals surface area (Å²) < 4.78 is 0. The predicted octanol–water partition coefficient (Wildman–Crippen LogP) is 3.03. The second-order valence-electron chi connectivity index (χ2n) is 6.13. The molecular formula is C16H22N2O4Si. The van der Waals surface area contributed by atoms with Crippen LogP contribution in [0, 0.1) is 11.5 Å². The predicted molar refractivity (Wildman–Crippen MR) is 90.7 cm³/mol. The molecule has 23 heavy (non-hydrogen) atoms. The minimum absolute atomic E-state index is 0.411. The molecule has 0 spiro atoms. The molecule has 1 unspecified atom stereocenters. The number of aryl methyl sites for hydroxylation is 1. The van der Waals surface area contributed by atoms with Gasteiger partial charge in [-0.2, -0.15) is 0 Å². The first-order chi connectivity index (χ1) is 10.7. The van der Waals surface area contributed by atoms with E-state index in [4.69, 9.17) is 5.11 Å². The van der Waals surface area contributed by atoms with Crippen LogP contribution in [-0.4, -0.2) is 41.5 Å². The van der Waals surface area contributed by atoms with Crippen molar-refractivity contribution in [3.63, 3.8) is 0 Å². The summed E-state index contributed by atoms with van der Waals surface area (Å²) in [5, 5.41) is 18.8. The summed E-state index contributed by atoms with van der Waals surface area (Å²) in [7, 11) is -1.70. The average Bonchev–Trinajstić information content (AvgIpc) is 2.45. The highest BCUT2D eigenvalue weighted by Crippen LogP contribution is 2.10. The molecule has 0 aromatic heterocycles. The lowest BCUT2D eigenvalue weighted by atomic mass is 10.1. The van der Waals surface area contributed by atoms with Gasteiger partial charge in [-0.1, -0.05) is 55.9 Å². The number of rotatable bonds is 4. The van der Waals surface area contributed by atoms with Gasteiger partial charge in [0.1, 0.15) is 14.1 Å². The standard InChI is InChI=1S/C16H22N2O4Si/c1-23(2,3)12-11-14(18(16(21)22)17-15(19)20)10-9-13-7-5-4-6-8-13/h4-8,14,17H,9-10H2,1-3H3,(H,19,20)(H,21,22). The van der Waals surface area contributed by atoms with Gasteiger partial charge in [0.25, 0.3) is 0 Å². The first kappa shape index (κ1) is 18.6. The molecule has 0 saturated carbocycles. The molecule has 0 heterocycles. The zero-order chi connectivity index (χ0) is 17.5. The fraction of sp³-hybridized carbons (Fsp3) is 0.375. The van der Waals surface area contributed by atoms with Crippen LogP contribution in [0.5, 0.6) is 0 Å². The molecule has 124 valence electrons. The van der Waals surface area contributed by atoms with Gasteiger partial charge in [0.15, 0.2) is 0 Å². The van der Waals surface area contributed by atoms with Crippen LogP contribution < -0.4 is 5.43 Å². The Hall–Kier alpha value is -2.46. The van der Waals surface area contributed by atoms with Crippen molar-refractivity contribution in [2.75, 3.05) is 0 Å². The summed E-state index contributed by atoms with van der Waals surface area (Å²) in [6, 6.07) is 8.87. The number of carboxylic acid groups (broad SMARTS) is 2. The minimum Gasteiger partial charge on any atom is -0.464 e. The van der Waals surface area contributed by atoms with Gasteiger partial charge < -0.3 is 10.2 Å². The van der Waals surface area contributed by atoms with Gasteiger partial charge in [0, 0.05) is 0 Å². The number of carbonyl (C=O) groups is 2. The lowest BCUT2D eigenvalue weighted by Gasteiger charge is -2.25. The van der Waals surface area contributed by atoms with Gasteiger partial charge in [0.05, 0.1) is 0 Å². The summed E-state index contributed by atoms with van der Waals surface area (Å²) in [4.78, 5) is 22.2. The van der Waals surface area contributed by atoms with Crippen LogP contribution in [0.15, 0.2) is 30.3 Å².